The molecule has 2 saturated heterocycles. The normalized spacial score (nSPS) is 19.8. The number of nitrogens with zero attached hydrogens (tertiary/aromatic N) is 4. The van der Waals surface area contributed by atoms with Crippen LogP contribution < -0.4 is 4.74 Å². The van der Waals surface area contributed by atoms with E-state index < -0.39 is 24.7 Å². The number of carbonyl (C=O) groups is 2. The van der Waals surface area contributed by atoms with Crippen molar-refractivity contribution < 1.29 is 36.6 Å². The van der Waals surface area contributed by atoms with Crippen molar-refractivity contribution in [2.45, 2.75) is 25.6 Å². The largest absolute Gasteiger partial charge is 0.484 e. The van der Waals surface area contributed by atoms with Gasteiger partial charge in [0.1, 0.15) is 23.7 Å². The number of amides is 2. The van der Waals surface area contributed by atoms with Crippen molar-refractivity contribution in [2.24, 2.45) is 11.8 Å². The Labute approximate surface area is 214 Å². The second-order valence-corrected chi connectivity index (χ2v) is 9.55. The zero-order valence-corrected chi connectivity index (χ0v) is 20.2. The average molecular weight is 535 g/mol. The molecule has 13 heteroatoms. The quantitative estimate of drug-likeness (QED) is 0.493. The number of ether oxygens (including phenoxy) is 2. The van der Waals surface area contributed by atoms with Crippen LogP contribution in [0.15, 0.2) is 36.4 Å². The molecule has 0 radical (unpaired) electrons. The van der Waals surface area contributed by atoms with Crippen LogP contribution in [0.4, 0.5) is 22.4 Å². The van der Waals surface area contributed by atoms with E-state index in [1.54, 1.807) is 23.1 Å². The van der Waals surface area contributed by atoms with Gasteiger partial charge in [0, 0.05) is 43.4 Å². The smallest absolute Gasteiger partial charge is 0.422 e. The number of benzene rings is 2. The number of carbonyl (C=O) groups excluding carboxylic acids is 2. The molecule has 3 heterocycles. The van der Waals surface area contributed by atoms with Crippen molar-refractivity contribution in [3.8, 4) is 5.75 Å². The minimum atomic E-state index is -4.53. The summed E-state index contributed by atoms with van der Waals surface area (Å²) in [5.41, 5.74) is 1.97. The Morgan fingerprint density at radius 3 is 2.45 bits per heavy atom. The standard InChI is InChI=1S/C25H25F4N5O4/c26-20-10-19(38-14-25(27,28)29)3-1-18(20)13-37-24(36)33-7-5-16-11-34(12-17(16)6-8-33)23(35)15-2-4-21-22(9-15)31-32-30-21/h1-4,9-10,16-17H,5-8,11-14H2,(H,30,31,32). The molecular weight excluding hydrogens is 510 g/mol. The fourth-order valence-corrected chi connectivity index (χ4v) is 4.98. The lowest BCUT2D eigenvalue weighted by Crippen LogP contribution is -2.34. The summed E-state index contributed by atoms with van der Waals surface area (Å²) >= 11 is 0. The van der Waals surface area contributed by atoms with E-state index in [1.165, 1.54) is 12.1 Å². The van der Waals surface area contributed by atoms with Crippen LogP contribution in [0.2, 0.25) is 0 Å². The first-order valence-corrected chi connectivity index (χ1v) is 12.2. The molecule has 1 aromatic heterocycles. The number of aromatic nitrogens is 3. The molecule has 2 unspecified atom stereocenters. The van der Waals surface area contributed by atoms with E-state index in [0.717, 1.165) is 11.6 Å². The maximum atomic E-state index is 14.3. The Morgan fingerprint density at radius 1 is 1.03 bits per heavy atom. The molecule has 202 valence electrons. The van der Waals surface area contributed by atoms with Crippen molar-refractivity contribution in [3.63, 3.8) is 0 Å². The summed E-state index contributed by atoms with van der Waals surface area (Å²) in [6.45, 7) is 0.196. The lowest BCUT2D eigenvalue weighted by atomic mass is 9.92. The highest BCUT2D eigenvalue weighted by Gasteiger charge is 2.38. The van der Waals surface area contributed by atoms with Crippen LogP contribution in [0.1, 0.15) is 28.8 Å². The number of hydrogen-bond donors (Lipinski definition) is 1. The Bertz CT molecular complexity index is 1310. The maximum Gasteiger partial charge on any atom is 0.422 e. The third-order valence-corrected chi connectivity index (χ3v) is 7.01. The molecule has 0 bridgehead atoms. The molecule has 2 aromatic carbocycles. The Hall–Kier alpha value is -3.90. The second kappa shape index (κ2) is 10.5. The van der Waals surface area contributed by atoms with Crippen LogP contribution >= 0.6 is 0 Å². The van der Waals surface area contributed by atoms with Gasteiger partial charge in [0.05, 0.1) is 5.52 Å². The van der Waals surface area contributed by atoms with Crippen LogP contribution in [0.5, 0.6) is 5.75 Å². The highest BCUT2D eigenvalue weighted by molar-refractivity contribution is 5.97. The van der Waals surface area contributed by atoms with Gasteiger partial charge in [-0.2, -0.15) is 13.2 Å². The van der Waals surface area contributed by atoms with Gasteiger partial charge in [0.15, 0.2) is 6.61 Å². The van der Waals surface area contributed by atoms with Gasteiger partial charge in [-0.05, 0) is 55.0 Å². The molecule has 2 aliphatic rings. The highest BCUT2D eigenvalue weighted by Crippen LogP contribution is 2.33. The first-order valence-electron chi connectivity index (χ1n) is 12.2. The topological polar surface area (TPSA) is 101 Å². The summed E-state index contributed by atoms with van der Waals surface area (Å²) in [7, 11) is 0. The van der Waals surface area contributed by atoms with Crippen molar-refractivity contribution >= 4 is 23.0 Å². The van der Waals surface area contributed by atoms with Gasteiger partial charge >= 0.3 is 12.3 Å². The summed E-state index contributed by atoms with van der Waals surface area (Å²) < 4.78 is 60.9. The summed E-state index contributed by atoms with van der Waals surface area (Å²) in [6, 6.07) is 8.51. The zero-order valence-electron chi connectivity index (χ0n) is 20.2. The third-order valence-electron chi connectivity index (χ3n) is 7.01. The van der Waals surface area contributed by atoms with Crippen molar-refractivity contribution in [1.29, 1.82) is 0 Å². The molecule has 38 heavy (non-hydrogen) atoms. The van der Waals surface area contributed by atoms with Gasteiger partial charge < -0.3 is 19.3 Å². The molecule has 5 rings (SSSR count). The third kappa shape index (κ3) is 5.81. The first-order chi connectivity index (χ1) is 18.2. The number of halogens is 4. The molecule has 2 aliphatic heterocycles. The fourth-order valence-electron chi connectivity index (χ4n) is 4.98. The van der Waals surface area contributed by atoms with Crippen molar-refractivity contribution in [2.75, 3.05) is 32.8 Å². The molecule has 2 atom stereocenters. The van der Waals surface area contributed by atoms with Crippen LogP contribution in [0.25, 0.3) is 11.0 Å². The minimum absolute atomic E-state index is 0.0300. The Balaban J connectivity index is 1.11. The number of hydrogen-bond acceptors (Lipinski definition) is 6. The molecule has 3 aromatic rings. The fraction of sp³-hybridized carbons (Fsp3) is 0.440. The van der Waals surface area contributed by atoms with Gasteiger partial charge in [0.2, 0.25) is 0 Å². The molecule has 0 aliphatic carbocycles. The summed E-state index contributed by atoms with van der Waals surface area (Å²) in [5.74, 6) is -0.657. The lowest BCUT2D eigenvalue weighted by molar-refractivity contribution is -0.153. The molecule has 9 nitrogen and oxygen atoms in total. The van der Waals surface area contributed by atoms with E-state index in [1.807, 2.05) is 4.90 Å². The van der Waals surface area contributed by atoms with E-state index in [9.17, 15) is 27.2 Å². The van der Waals surface area contributed by atoms with E-state index in [2.05, 4.69) is 20.1 Å². The first kappa shape index (κ1) is 25.7. The van der Waals surface area contributed by atoms with Gasteiger partial charge in [-0.3, -0.25) is 9.89 Å². The van der Waals surface area contributed by atoms with Crippen LogP contribution in [-0.2, 0) is 11.3 Å². The van der Waals surface area contributed by atoms with E-state index in [4.69, 9.17) is 4.74 Å². The number of fused-ring (bicyclic) bond motifs is 2. The van der Waals surface area contributed by atoms with E-state index in [0.29, 0.717) is 50.1 Å². The maximum absolute atomic E-state index is 14.3. The Kier molecular flexibility index (Phi) is 7.09. The summed E-state index contributed by atoms with van der Waals surface area (Å²) in [5, 5.41) is 10.5. The average Bonchev–Trinajstić information content (AvgIpc) is 3.47. The molecule has 0 saturated carbocycles. The van der Waals surface area contributed by atoms with Crippen LogP contribution in [-0.4, -0.2) is 76.2 Å². The number of likely N-dealkylation sites (tertiary alicyclic amines) is 2. The molecule has 2 amide bonds. The van der Waals surface area contributed by atoms with E-state index >= 15 is 0 Å². The summed E-state index contributed by atoms with van der Waals surface area (Å²) in [6.07, 6.45) is -3.72. The van der Waals surface area contributed by atoms with E-state index in [-0.39, 0.29) is 35.7 Å². The van der Waals surface area contributed by atoms with Gasteiger partial charge in [0.25, 0.3) is 5.91 Å². The number of alkyl halides is 3. The van der Waals surface area contributed by atoms with Crippen molar-refractivity contribution in [1.82, 2.24) is 25.2 Å². The molecule has 1 N–H and O–H groups in total. The number of nitrogens with one attached hydrogen (secondary N) is 1. The molecular formula is C25H25F4N5O4. The predicted octanol–water partition coefficient (Wildman–Crippen LogP) is 4.16. The highest BCUT2D eigenvalue weighted by atomic mass is 19.4. The van der Waals surface area contributed by atoms with Gasteiger partial charge in [-0.1, -0.05) is 5.21 Å². The number of aromatic amines is 1. The minimum Gasteiger partial charge on any atom is -0.484 e. The molecule has 0 spiro atoms. The van der Waals surface area contributed by atoms with Crippen LogP contribution in [0, 0.1) is 17.7 Å². The van der Waals surface area contributed by atoms with Gasteiger partial charge in [-0.25, -0.2) is 9.18 Å². The summed E-state index contributed by atoms with van der Waals surface area (Å²) in [4.78, 5) is 29.1. The predicted molar refractivity (Wildman–Crippen MR) is 126 cm³/mol. The van der Waals surface area contributed by atoms with Crippen LogP contribution in [0.3, 0.4) is 0 Å². The van der Waals surface area contributed by atoms with Crippen molar-refractivity contribution in [3.05, 3.63) is 53.3 Å². The number of rotatable bonds is 5. The Morgan fingerprint density at radius 2 is 1.76 bits per heavy atom. The monoisotopic (exact) mass is 535 g/mol. The lowest BCUT2D eigenvalue weighted by Gasteiger charge is -2.22. The molecule has 2 fully saturated rings. The number of H-pyrrole nitrogens is 1. The second-order valence-electron chi connectivity index (χ2n) is 9.55. The SMILES string of the molecule is O=C(OCc1ccc(OCC(F)(F)F)cc1F)N1CCC2CN(C(=O)c3ccc4[nH]nnc4c3)CC2CC1. The van der Waals surface area contributed by atoms with Gasteiger partial charge in [-0.15, -0.1) is 5.10 Å². The zero-order chi connectivity index (χ0) is 26.9.